The summed E-state index contributed by atoms with van der Waals surface area (Å²) in [6, 6.07) is 10.1. The minimum absolute atomic E-state index is 0.0185. The normalized spacial score (nSPS) is 10.9. The van der Waals surface area contributed by atoms with Gasteiger partial charge in [0, 0.05) is 11.4 Å². The monoisotopic (exact) mass is 357 g/mol. The van der Waals surface area contributed by atoms with Gasteiger partial charge in [-0.3, -0.25) is 4.79 Å². The topological polar surface area (TPSA) is 46.9 Å². The quantitative estimate of drug-likeness (QED) is 0.513. The standard InChI is InChI=1S/C18H19N3OS2/c1-3-9-21-15-7-5-4-6-14(15)20-18(21)24-12-17(22)19-11-16-13(2)8-10-23-16/h3-8,10H,1,9,11-12H2,2H3,(H,19,22). The Labute approximate surface area is 149 Å². The van der Waals surface area contributed by atoms with Crippen molar-refractivity contribution in [1.82, 2.24) is 14.9 Å². The van der Waals surface area contributed by atoms with E-state index in [2.05, 4.69) is 34.4 Å². The third-order valence-electron chi connectivity index (χ3n) is 3.68. The number of allylic oxidation sites excluding steroid dienone is 1. The Morgan fingerprint density at radius 2 is 2.25 bits per heavy atom. The Kier molecular flexibility index (Phi) is 5.37. The van der Waals surface area contributed by atoms with E-state index in [4.69, 9.17) is 0 Å². The second-order valence-corrected chi connectivity index (χ2v) is 7.32. The van der Waals surface area contributed by atoms with Gasteiger partial charge < -0.3 is 9.88 Å². The zero-order valence-corrected chi connectivity index (χ0v) is 15.1. The Hall–Kier alpha value is -2.05. The molecule has 4 nitrogen and oxygen atoms in total. The maximum Gasteiger partial charge on any atom is 0.230 e. The SMILES string of the molecule is C=CCn1c(SCC(=O)NCc2sccc2C)nc2ccccc21. The van der Waals surface area contributed by atoms with E-state index in [1.165, 1.54) is 22.2 Å². The van der Waals surface area contributed by atoms with Crippen molar-refractivity contribution in [1.29, 1.82) is 0 Å². The van der Waals surface area contributed by atoms with Crippen LogP contribution in [-0.2, 0) is 17.9 Å². The van der Waals surface area contributed by atoms with E-state index in [9.17, 15) is 4.79 Å². The van der Waals surface area contributed by atoms with Crippen molar-refractivity contribution in [3.05, 3.63) is 58.8 Å². The summed E-state index contributed by atoms with van der Waals surface area (Å²) >= 11 is 3.13. The summed E-state index contributed by atoms with van der Waals surface area (Å²) in [5.74, 6) is 0.371. The number of aromatic nitrogens is 2. The minimum atomic E-state index is 0.0185. The number of rotatable bonds is 7. The van der Waals surface area contributed by atoms with Crippen LogP contribution in [0, 0.1) is 6.92 Å². The van der Waals surface area contributed by atoms with Crippen LogP contribution >= 0.6 is 23.1 Å². The number of imidazole rings is 1. The second kappa shape index (κ2) is 7.68. The number of carbonyl (C=O) groups is 1. The summed E-state index contributed by atoms with van der Waals surface area (Å²) < 4.78 is 2.09. The number of thioether (sulfide) groups is 1. The first kappa shape index (κ1) is 16.8. The number of fused-ring (bicyclic) bond motifs is 1. The van der Waals surface area contributed by atoms with Crippen molar-refractivity contribution in [2.45, 2.75) is 25.2 Å². The number of benzene rings is 1. The van der Waals surface area contributed by atoms with Crippen molar-refractivity contribution in [3.8, 4) is 0 Å². The van der Waals surface area contributed by atoms with Gasteiger partial charge in [0.25, 0.3) is 0 Å². The van der Waals surface area contributed by atoms with Crippen molar-refractivity contribution < 1.29 is 4.79 Å². The zero-order chi connectivity index (χ0) is 16.9. The van der Waals surface area contributed by atoms with E-state index < -0.39 is 0 Å². The number of para-hydroxylation sites is 2. The lowest BCUT2D eigenvalue weighted by molar-refractivity contribution is -0.118. The third-order valence-corrected chi connectivity index (χ3v) is 5.68. The number of nitrogens with one attached hydrogen (secondary N) is 1. The fourth-order valence-corrected chi connectivity index (χ4v) is 4.11. The van der Waals surface area contributed by atoms with Crippen LogP contribution in [0.3, 0.4) is 0 Å². The van der Waals surface area contributed by atoms with Gasteiger partial charge in [-0.15, -0.1) is 17.9 Å². The van der Waals surface area contributed by atoms with Gasteiger partial charge in [-0.25, -0.2) is 4.98 Å². The maximum atomic E-state index is 12.1. The lowest BCUT2D eigenvalue weighted by atomic mass is 10.3. The highest BCUT2D eigenvalue weighted by Gasteiger charge is 2.12. The average molecular weight is 358 g/mol. The highest BCUT2D eigenvalue weighted by Crippen LogP contribution is 2.24. The summed E-state index contributed by atoms with van der Waals surface area (Å²) in [5.41, 5.74) is 3.23. The van der Waals surface area contributed by atoms with Crippen LogP contribution in [0.5, 0.6) is 0 Å². The Morgan fingerprint density at radius 1 is 1.42 bits per heavy atom. The van der Waals surface area contributed by atoms with Crippen LogP contribution < -0.4 is 5.32 Å². The number of nitrogens with zero attached hydrogens (tertiary/aromatic N) is 2. The van der Waals surface area contributed by atoms with Crippen LogP contribution in [0.15, 0.2) is 53.5 Å². The van der Waals surface area contributed by atoms with Crippen LogP contribution in [0.25, 0.3) is 11.0 Å². The van der Waals surface area contributed by atoms with Crippen LogP contribution in [0.1, 0.15) is 10.4 Å². The van der Waals surface area contributed by atoms with Crippen molar-refractivity contribution >= 4 is 40.0 Å². The lowest BCUT2D eigenvalue weighted by Crippen LogP contribution is -2.24. The zero-order valence-electron chi connectivity index (χ0n) is 13.5. The first-order chi connectivity index (χ1) is 11.7. The van der Waals surface area contributed by atoms with Gasteiger partial charge in [0.2, 0.25) is 5.91 Å². The summed E-state index contributed by atoms with van der Waals surface area (Å²) in [5, 5.41) is 5.87. The number of thiophene rings is 1. The molecule has 3 rings (SSSR count). The highest BCUT2D eigenvalue weighted by molar-refractivity contribution is 7.99. The molecule has 0 atom stereocenters. The van der Waals surface area contributed by atoms with Crippen LogP contribution in [0.4, 0.5) is 0 Å². The molecule has 0 unspecified atom stereocenters. The second-order valence-electron chi connectivity index (χ2n) is 5.37. The average Bonchev–Trinajstić information content (AvgIpc) is 3.15. The van der Waals surface area contributed by atoms with Gasteiger partial charge in [-0.05, 0) is 36.1 Å². The number of carbonyl (C=O) groups excluding carboxylic acids is 1. The summed E-state index contributed by atoms with van der Waals surface area (Å²) in [4.78, 5) is 18.0. The first-order valence-electron chi connectivity index (χ1n) is 7.67. The largest absolute Gasteiger partial charge is 0.350 e. The molecule has 1 amide bonds. The molecule has 6 heteroatoms. The Balaban J connectivity index is 1.64. The van der Waals surface area contributed by atoms with E-state index >= 15 is 0 Å². The van der Waals surface area contributed by atoms with Crippen LogP contribution in [0.2, 0.25) is 0 Å². The molecule has 3 aromatic rings. The minimum Gasteiger partial charge on any atom is -0.350 e. The molecule has 2 aromatic heterocycles. The number of amides is 1. The molecular weight excluding hydrogens is 338 g/mol. The maximum absolute atomic E-state index is 12.1. The fourth-order valence-electron chi connectivity index (χ4n) is 2.41. The Morgan fingerprint density at radius 3 is 3.00 bits per heavy atom. The molecule has 1 N–H and O–H groups in total. The molecule has 0 aliphatic heterocycles. The van der Waals surface area contributed by atoms with Gasteiger partial charge >= 0.3 is 0 Å². The molecule has 0 aliphatic rings. The van der Waals surface area contributed by atoms with E-state index in [0.29, 0.717) is 18.8 Å². The molecule has 0 saturated carbocycles. The number of aryl methyl sites for hydroxylation is 1. The fraction of sp³-hybridized carbons (Fsp3) is 0.222. The number of hydrogen-bond donors (Lipinski definition) is 1. The number of hydrogen-bond acceptors (Lipinski definition) is 4. The molecule has 2 heterocycles. The van der Waals surface area contributed by atoms with Crippen molar-refractivity contribution in [2.75, 3.05) is 5.75 Å². The predicted molar refractivity (Wildman–Crippen MR) is 102 cm³/mol. The smallest absolute Gasteiger partial charge is 0.230 e. The molecule has 0 bridgehead atoms. The molecule has 0 aliphatic carbocycles. The van der Waals surface area contributed by atoms with Gasteiger partial charge in [0.1, 0.15) is 0 Å². The molecule has 0 radical (unpaired) electrons. The molecule has 24 heavy (non-hydrogen) atoms. The van der Waals surface area contributed by atoms with E-state index in [1.54, 1.807) is 11.3 Å². The molecular formula is C18H19N3OS2. The van der Waals surface area contributed by atoms with Gasteiger partial charge in [-0.1, -0.05) is 30.0 Å². The van der Waals surface area contributed by atoms with Crippen LogP contribution in [-0.4, -0.2) is 21.2 Å². The molecule has 124 valence electrons. The summed E-state index contributed by atoms with van der Waals surface area (Å²) in [6.45, 7) is 7.14. The third kappa shape index (κ3) is 3.71. The van der Waals surface area contributed by atoms with Crippen molar-refractivity contribution in [2.24, 2.45) is 0 Å². The van der Waals surface area contributed by atoms with E-state index in [1.807, 2.05) is 35.7 Å². The van der Waals surface area contributed by atoms with Gasteiger partial charge in [0.15, 0.2) is 5.16 Å². The Bertz CT molecular complexity index is 866. The summed E-state index contributed by atoms with van der Waals surface area (Å²) in [7, 11) is 0. The van der Waals surface area contributed by atoms with Gasteiger partial charge in [0.05, 0.1) is 23.3 Å². The van der Waals surface area contributed by atoms with Gasteiger partial charge in [-0.2, -0.15) is 0 Å². The van der Waals surface area contributed by atoms with E-state index in [0.717, 1.165) is 16.2 Å². The lowest BCUT2D eigenvalue weighted by Gasteiger charge is -2.07. The highest BCUT2D eigenvalue weighted by atomic mass is 32.2. The molecule has 0 spiro atoms. The predicted octanol–water partition coefficient (Wildman–Crippen LogP) is 4.00. The van der Waals surface area contributed by atoms with E-state index in [-0.39, 0.29) is 5.91 Å². The molecule has 0 fully saturated rings. The molecule has 0 saturated heterocycles. The summed E-state index contributed by atoms with van der Waals surface area (Å²) in [6.07, 6.45) is 1.85. The van der Waals surface area contributed by atoms with Crippen molar-refractivity contribution in [3.63, 3.8) is 0 Å². The molecule has 1 aromatic carbocycles. The first-order valence-corrected chi connectivity index (χ1v) is 9.54.